The molecule has 1 aliphatic carbocycles. The lowest BCUT2D eigenvalue weighted by Crippen LogP contribution is -2.40. The predicted molar refractivity (Wildman–Crippen MR) is 51.1 cm³/mol. The molecule has 1 rings (SSSR count). The van der Waals surface area contributed by atoms with E-state index >= 15 is 0 Å². The minimum absolute atomic E-state index is 0.562. The molecule has 0 heterocycles. The molecular formula is C10H18N2O. The Morgan fingerprint density at radius 3 is 2.54 bits per heavy atom. The lowest BCUT2D eigenvalue weighted by Gasteiger charge is -2.28. The molecule has 0 saturated heterocycles. The topological polar surface area (TPSA) is 47.3 Å². The largest absolute Gasteiger partial charge is 0.389 e. The second-order valence-corrected chi connectivity index (χ2v) is 4.42. The number of rotatable bonds is 5. The normalized spacial score (nSPS) is 17.5. The van der Waals surface area contributed by atoms with Crippen LogP contribution in [0.1, 0.15) is 33.1 Å². The average molecular weight is 182 g/mol. The fourth-order valence-corrected chi connectivity index (χ4v) is 1.52. The zero-order valence-corrected chi connectivity index (χ0v) is 8.45. The third-order valence-electron chi connectivity index (χ3n) is 2.16. The van der Waals surface area contributed by atoms with Crippen molar-refractivity contribution in [2.24, 2.45) is 0 Å². The summed E-state index contributed by atoms with van der Waals surface area (Å²) in [6, 6.07) is 2.77. The van der Waals surface area contributed by atoms with Gasteiger partial charge in [0.1, 0.15) is 0 Å². The van der Waals surface area contributed by atoms with Gasteiger partial charge in [0.25, 0.3) is 0 Å². The molecule has 0 aliphatic heterocycles. The molecule has 0 spiro atoms. The van der Waals surface area contributed by atoms with E-state index in [0.29, 0.717) is 19.0 Å². The highest BCUT2D eigenvalue weighted by Crippen LogP contribution is 2.28. The van der Waals surface area contributed by atoms with Crippen LogP contribution in [0.5, 0.6) is 0 Å². The van der Waals surface area contributed by atoms with Crippen LogP contribution in [0.3, 0.4) is 0 Å². The Bertz CT molecular complexity index is 198. The zero-order chi connectivity index (χ0) is 9.90. The molecule has 74 valence electrons. The predicted octanol–water partition coefficient (Wildman–Crippen LogP) is 1.14. The summed E-state index contributed by atoms with van der Waals surface area (Å²) in [5, 5.41) is 18.1. The quantitative estimate of drug-likeness (QED) is 0.693. The van der Waals surface area contributed by atoms with Gasteiger partial charge in [0, 0.05) is 25.6 Å². The van der Waals surface area contributed by atoms with Gasteiger partial charge in [-0.05, 0) is 26.7 Å². The van der Waals surface area contributed by atoms with Crippen molar-refractivity contribution in [1.82, 2.24) is 4.90 Å². The van der Waals surface area contributed by atoms with Crippen LogP contribution < -0.4 is 0 Å². The monoisotopic (exact) mass is 182 g/mol. The van der Waals surface area contributed by atoms with E-state index in [1.165, 1.54) is 12.8 Å². The summed E-state index contributed by atoms with van der Waals surface area (Å²) in [7, 11) is 0. The number of nitriles is 1. The first-order valence-corrected chi connectivity index (χ1v) is 4.86. The van der Waals surface area contributed by atoms with Crippen molar-refractivity contribution in [1.29, 1.82) is 5.26 Å². The molecule has 0 aromatic rings. The Morgan fingerprint density at radius 2 is 2.15 bits per heavy atom. The van der Waals surface area contributed by atoms with Gasteiger partial charge >= 0.3 is 0 Å². The third kappa shape index (κ3) is 4.25. The number of aliphatic hydroxyl groups is 1. The maximum absolute atomic E-state index is 9.64. The highest BCUT2D eigenvalue weighted by atomic mass is 16.3. The van der Waals surface area contributed by atoms with Crippen LogP contribution in [-0.2, 0) is 0 Å². The number of hydrogen-bond donors (Lipinski definition) is 1. The summed E-state index contributed by atoms with van der Waals surface area (Å²) in [6.45, 7) is 5.11. The molecule has 0 radical (unpaired) electrons. The van der Waals surface area contributed by atoms with Crippen LogP contribution in [-0.4, -0.2) is 34.7 Å². The van der Waals surface area contributed by atoms with Gasteiger partial charge in [-0.1, -0.05) is 0 Å². The Morgan fingerprint density at radius 1 is 1.54 bits per heavy atom. The molecule has 1 aliphatic rings. The third-order valence-corrected chi connectivity index (χ3v) is 2.16. The Labute approximate surface area is 80.0 Å². The van der Waals surface area contributed by atoms with Gasteiger partial charge in [0.15, 0.2) is 0 Å². The first-order chi connectivity index (χ1) is 6.03. The number of hydrogen-bond acceptors (Lipinski definition) is 3. The molecular weight excluding hydrogens is 164 g/mol. The van der Waals surface area contributed by atoms with E-state index < -0.39 is 5.60 Å². The van der Waals surface area contributed by atoms with E-state index in [4.69, 9.17) is 5.26 Å². The van der Waals surface area contributed by atoms with Crippen LogP contribution in [0, 0.1) is 11.3 Å². The van der Waals surface area contributed by atoms with Crippen molar-refractivity contribution < 1.29 is 5.11 Å². The standard InChI is InChI=1S/C10H18N2O/c1-10(2,13)8-12(7-3-6-11)9-4-5-9/h9,13H,3-5,7-8H2,1-2H3. The van der Waals surface area contributed by atoms with Gasteiger partial charge in [0.05, 0.1) is 11.7 Å². The summed E-state index contributed by atoms with van der Waals surface area (Å²) < 4.78 is 0. The van der Waals surface area contributed by atoms with Crippen LogP contribution in [0.25, 0.3) is 0 Å². The van der Waals surface area contributed by atoms with E-state index in [-0.39, 0.29) is 0 Å². The Hall–Kier alpha value is -0.590. The molecule has 0 bridgehead atoms. The number of nitrogens with zero attached hydrogens (tertiary/aromatic N) is 2. The zero-order valence-electron chi connectivity index (χ0n) is 8.45. The van der Waals surface area contributed by atoms with Gasteiger partial charge in [0.2, 0.25) is 0 Å². The Kier molecular flexibility index (Phi) is 3.29. The molecule has 3 nitrogen and oxygen atoms in total. The first kappa shape index (κ1) is 10.5. The van der Waals surface area contributed by atoms with Crippen LogP contribution in [0.15, 0.2) is 0 Å². The summed E-state index contributed by atoms with van der Waals surface area (Å²) in [5.41, 5.74) is -0.641. The Balaban J connectivity index is 2.34. The summed E-state index contributed by atoms with van der Waals surface area (Å²) >= 11 is 0. The molecule has 1 N–H and O–H groups in total. The van der Waals surface area contributed by atoms with E-state index in [9.17, 15) is 5.11 Å². The van der Waals surface area contributed by atoms with E-state index in [1.54, 1.807) is 0 Å². The average Bonchev–Trinajstić information content (AvgIpc) is 2.77. The van der Waals surface area contributed by atoms with Gasteiger partial charge in [-0.25, -0.2) is 0 Å². The van der Waals surface area contributed by atoms with Gasteiger partial charge in [-0.3, -0.25) is 4.90 Å². The molecule has 0 aromatic carbocycles. The van der Waals surface area contributed by atoms with Gasteiger partial charge in [-0.2, -0.15) is 5.26 Å². The first-order valence-electron chi connectivity index (χ1n) is 4.86. The van der Waals surface area contributed by atoms with Gasteiger partial charge < -0.3 is 5.11 Å². The van der Waals surface area contributed by atoms with Crippen molar-refractivity contribution in [3.05, 3.63) is 0 Å². The summed E-state index contributed by atoms with van der Waals surface area (Å²) in [4.78, 5) is 2.23. The minimum Gasteiger partial charge on any atom is -0.389 e. The molecule has 1 saturated carbocycles. The lowest BCUT2D eigenvalue weighted by molar-refractivity contribution is 0.0340. The van der Waals surface area contributed by atoms with Crippen molar-refractivity contribution >= 4 is 0 Å². The van der Waals surface area contributed by atoms with E-state index in [1.807, 2.05) is 13.8 Å². The SMILES string of the molecule is CC(C)(O)CN(CCC#N)C1CC1. The highest BCUT2D eigenvalue weighted by molar-refractivity contribution is 4.89. The van der Waals surface area contributed by atoms with Crippen molar-refractivity contribution in [3.63, 3.8) is 0 Å². The fraction of sp³-hybridized carbons (Fsp3) is 0.900. The van der Waals surface area contributed by atoms with Crippen molar-refractivity contribution in [2.45, 2.75) is 44.8 Å². The maximum Gasteiger partial charge on any atom is 0.0718 e. The van der Waals surface area contributed by atoms with Crippen molar-refractivity contribution in [3.8, 4) is 6.07 Å². The van der Waals surface area contributed by atoms with Crippen LogP contribution in [0.2, 0.25) is 0 Å². The summed E-state index contributed by atoms with van der Waals surface area (Å²) in [5.74, 6) is 0. The maximum atomic E-state index is 9.64. The second kappa shape index (κ2) is 4.08. The fourth-order valence-electron chi connectivity index (χ4n) is 1.52. The highest BCUT2D eigenvalue weighted by Gasteiger charge is 2.31. The molecule has 3 heteroatoms. The van der Waals surface area contributed by atoms with E-state index in [2.05, 4.69) is 11.0 Å². The van der Waals surface area contributed by atoms with Crippen LogP contribution >= 0.6 is 0 Å². The second-order valence-electron chi connectivity index (χ2n) is 4.42. The molecule has 0 atom stereocenters. The molecule has 0 amide bonds. The molecule has 1 fully saturated rings. The minimum atomic E-state index is -0.641. The molecule has 13 heavy (non-hydrogen) atoms. The van der Waals surface area contributed by atoms with Crippen LogP contribution in [0.4, 0.5) is 0 Å². The smallest absolute Gasteiger partial charge is 0.0718 e. The van der Waals surface area contributed by atoms with E-state index in [0.717, 1.165) is 6.54 Å². The van der Waals surface area contributed by atoms with Gasteiger partial charge in [-0.15, -0.1) is 0 Å². The summed E-state index contributed by atoms with van der Waals surface area (Å²) in [6.07, 6.45) is 3.01. The molecule has 0 unspecified atom stereocenters. The van der Waals surface area contributed by atoms with Crippen molar-refractivity contribution in [2.75, 3.05) is 13.1 Å². The lowest BCUT2D eigenvalue weighted by atomic mass is 10.1. The molecule has 0 aromatic heterocycles.